The zero-order valence-corrected chi connectivity index (χ0v) is 10.3. The molecule has 1 unspecified atom stereocenters. The maximum atomic E-state index is 11.9. The average molecular weight is 250 g/mol. The van der Waals surface area contributed by atoms with Crippen LogP contribution >= 0.6 is 0 Å². The minimum atomic E-state index is -0.452. The lowest BCUT2D eigenvalue weighted by Crippen LogP contribution is -2.38. The molecule has 0 aromatic heterocycles. The van der Waals surface area contributed by atoms with Crippen LogP contribution in [-0.4, -0.2) is 30.6 Å². The predicted octanol–water partition coefficient (Wildman–Crippen LogP) is 1.52. The smallest absolute Gasteiger partial charge is 0.269 e. The average Bonchev–Trinajstić information content (AvgIpc) is 2.63. The maximum Gasteiger partial charge on any atom is 0.269 e. The Balaban J connectivity index is 2.35. The van der Waals surface area contributed by atoms with Crippen molar-refractivity contribution in [1.82, 2.24) is 0 Å². The minimum Gasteiger partial charge on any atom is -0.383 e. The summed E-state index contributed by atoms with van der Waals surface area (Å²) in [4.78, 5) is 23.8. The molecular weight excluding hydrogens is 236 g/mol. The Hall–Kier alpha value is -1.95. The first-order chi connectivity index (χ1) is 8.54. The third kappa shape index (κ3) is 2.06. The van der Waals surface area contributed by atoms with Crippen LogP contribution in [0.1, 0.15) is 12.5 Å². The van der Waals surface area contributed by atoms with E-state index in [1.165, 1.54) is 12.1 Å². The zero-order valence-electron chi connectivity index (χ0n) is 10.3. The van der Waals surface area contributed by atoms with Crippen LogP contribution in [0, 0.1) is 10.1 Å². The Labute approximate surface area is 104 Å². The Bertz CT molecular complexity index is 501. The number of nitro benzene ring substituents is 1. The number of carbonyl (C=O) groups is 1. The lowest BCUT2D eigenvalue weighted by molar-refractivity contribution is -0.384. The zero-order chi connectivity index (χ0) is 13.3. The molecule has 0 radical (unpaired) electrons. The van der Waals surface area contributed by atoms with Crippen LogP contribution in [-0.2, 0) is 16.0 Å². The summed E-state index contributed by atoms with van der Waals surface area (Å²) in [7, 11) is 1.58. The fourth-order valence-corrected chi connectivity index (χ4v) is 2.24. The van der Waals surface area contributed by atoms with Crippen molar-refractivity contribution in [1.29, 1.82) is 0 Å². The number of hydrogen-bond acceptors (Lipinski definition) is 4. The Morgan fingerprint density at radius 1 is 1.56 bits per heavy atom. The highest BCUT2D eigenvalue weighted by molar-refractivity contribution is 6.02. The van der Waals surface area contributed by atoms with Crippen LogP contribution < -0.4 is 4.90 Å². The van der Waals surface area contributed by atoms with E-state index >= 15 is 0 Å². The molecule has 1 aliphatic heterocycles. The predicted molar refractivity (Wildman–Crippen MR) is 65.6 cm³/mol. The third-order valence-corrected chi connectivity index (χ3v) is 2.99. The second-order valence-corrected chi connectivity index (χ2v) is 4.32. The number of nitro groups is 1. The van der Waals surface area contributed by atoms with Crippen LogP contribution in [0.3, 0.4) is 0 Å². The van der Waals surface area contributed by atoms with Gasteiger partial charge in [0.2, 0.25) is 5.91 Å². The van der Waals surface area contributed by atoms with Crippen LogP contribution in [0.25, 0.3) is 0 Å². The molecule has 6 nitrogen and oxygen atoms in total. The third-order valence-electron chi connectivity index (χ3n) is 2.99. The summed E-state index contributed by atoms with van der Waals surface area (Å²) >= 11 is 0. The molecule has 0 aliphatic carbocycles. The summed E-state index contributed by atoms with van der Waals surface area (Å²) in [5.74, 6) is -0.0463. The number of carbonyl (C=O) groups excluding carboxylic acids is 1. The molecule has 0 N–H and O–H groups in total. The van der Waals surface area contributed by atoms with Gasteiger partial charge in [0.15, 0.2) is 0 Å². The second kappa shape index (κ2) is 4.73. The number of fused-ring (bicyclic) bond motifs is 1. The van der Waals surface area contributed by atoms with E-state index in [0.29, 0.717) is 12.2 Å². The van der Waals surface area contributed by atoms with Crippen LogP contribution in [0.2, 0.25) is 0 Å². The minimum absolute atomic E-state index is 0.0165. The molecule has 0 fully saturated rings. The fraction of sp³-hybridized carbons (Fsp3) is 0.417. The number of anilines is 1. The monoisotopic (exact) mass is 250 g/mol. The van der Waals surface area contributed by atoms with Gasteiger partial charge in [0.1, 0.15) is 0 Å². The number of methoxy groups -OCH3 is 1. The van der Waals surface area contributed by atoms with Crippen molar-refractivity contribution in [3.05, 3.63) is 33.9 Å². The SMILES string of the molecule is COCC(C)N1C(=O)Cc2cc([N+](=O)[O-])ccc21. The first kappa shape index (κ1) is 12.5. The van der Waals surface area contributed by atoms with E-state index in [1.807, 2.05) is 6.92 Å². The first-order valence-corrected chi connectivity index (χ1v) is 5.63. The molecule has 1 aliphatic rings. The molecule has 1 aromatic rings. The molecule has 6 heteroatoms. The Morgan fingerprint density at radius 3 is 2.89 bits per heavy atom. The second-order valence-electron chi connectivity index (χ2n) is 4.32. The van der Waals surface area contributed by atoms with Crippen molar-refractivity contribution in [3.8, 4) is 0 Å². The molecule has 1 heterocycles. The Morgan fingerprint density at radius 2 is 2.28 bits per heavy atom. The van der Waals surface area contributed by atoms with Crippen LogP contribution in [0.15, 0.2) is 18.2 Å². The van der Waals surface area contributed by atoms with Gasteiger partial charge in [-0.15, -0.1) is 0 Å². The van der Waals surface area contributed by atoms with Crippen LogP contribution in [0.4, 0.5) is 11.4 Å². The standard InChI is InChI=1S/C12H14N2O4/c1-8(7-18-2)13-11-4-3-10(14(16)17)5-9(11)6-12(13)15/h3-5,8H,6-7H2,1-2H3. The van der Waals surface area contributed by atoms with E-state index in [2.05, 4.69) is 0 Å². The highest BCUT2D eigenvalue weighted by Gasteiger charge is 2.32. The molecule has 18 heavy (non-hydrogen) atoms. The summed E-state index contributed by atoms with van der Waals surface area (Å²) in [5.41, 5.74) is 1.47. The van der Waals surface area contributed by atoms with E-state index in [0.717, 1.165) is 5.69 Å². The van der Waals surface area contributed by atoms with Crippen molar-refractivity contribution >= 4 is 17.3 Å². The molecule has 0 bridgehead atoms. The van der Waals surface area contributed by atoms with Gasteiger partial charge in [-0.1, -0.05) is 0 Å². The van der Waals surface area contributed by atoms with Gasteiger partial charge in [0.05, 0.1) is 24.0 Å². The van der Waals surface area contributed by atoms with E-state index in [9.17, 15) is 14.9 Å². The molecule has 0 saturated heterocycles. The Kier molecular flexibility index (Phi) is 3.29. The van der Waals surface area contributed by atoms with Crippen molar-refractivity contribution in [3.63, 3.8) is 0 Å². The van der Waals surface area contributed by atoms with Crippen molar-refractivity contribution in [2.45, 2.75) is 19.4 Å². The number of amides is 1. The topological polar surface area (TPSA) is 72.7 Å². The molecule has 0 spiro atoms. The van der Waals surface area contributed by atoms with E-state index in [1.54, 1.807) is 18.1 Å². The van der Waals surface area contributed by atoms with Gasteiger partial charge in [-0.2, -0.15) is 0 Å². The lowest BCUT2D eigenvalue weighted by Gasteiger charge is -2.24. The van der Waals surface area contributed by atoms with Gasteiger partial charge in [-0.05, 0) is 18.6 Å². The number of hydrogen-bond donors (Lipinski definition) is 0. The molecule has 1 aromatic carbocycles. The maximum absolute atomic E-state index is 11.9. The van der Waals surface area contributed by atoms with Gasteiger partial charge >= 0.3 is 0 Å². The van der Waals surface area contributed by atoms with Crippen molar-refractivity contribution in [2.75, 3.05) is 18.6 Å². The molecule has 1 atom stereocenters. The molecule has 96 valence electrons. The number of nitrogens with zero attached hydrogens (tertiary/aromatic N) is 2. The largest absolute Gasteiger partial charge is 0.383 e. The summed E-state index contributed by atoms with van der Waals surface area (Å²) in [6.07, 6.45) is 0.213. The van der Waals surface area contributed by atoms with Crippen molar-refractivity contribution < 1.29 is 14.5 Å². The van der Waals surface area contributed by atoms with E-state index < -0.39 is 4.92 Å². The number of rotatable bonds is 4. The van der Waals surface area contributed by atoms with Gasteiger partial charge in [-0.3, -0.25) is 14.9 Å². The number of benzene rings is 1. The summed E-state index contributed by atoms with van der Waals surface area (Å²) < 4.78 is 5.04. The van der Waals surface area contributed by atoms with Gasteiger partial charge in [0, 0.05) is 24.9 Å². The highest BCUT2D eigenvalue weighted by Crippen LogP contribution is 2.33. The highest BCUT2D eigenvalue weighted by atomic mass is 16.6. The fourth-order valence-electron chi connectivity index (χ4n) is 2.24. The molecular formula is C12H14N2O4. The molecule has 0 saturated carbocycles. The van der Waals surface area contributed by atoms with Gasteiger partial charge in [-0.25, -0.2) is 0 Å². The number of ether oxygens (including phenoxy) is 1. The van der Waals surface area contributed by atoms with Crippen LogP contribution in [0.5, 0.6) is 0 Å². The van der Waals surface area contributed by atoms with E-state index in [4.69, 9.17) is 4.74 Å². The summed E-state index contributed by atoms with van der Waals surface area (Å²) in [6.45, 7) is 2.32. The quantitative estimate of drug-likeness (QED) is 0.600. The van der Waals surface area contributed by atoms with Gasteiger partial charge in [0.25, 0.3) is 5.69 Å². The summed E-state index contributed by atoms with van der Waals surface area (Å²) in [6, 6.07) is 4.44. The molecule has 2 rings (SSSR count). The molecule has 1 amide bonds. The first-order valence-electron chi connectivity index (χ1n) is 5.63. The van der Waals surface area contributed by atoms with Gasteiger partial charge < -0.3 is 9.64 Å². The normalized spacial score (nSPS) is 15.7. The number of non-ortho nitro benzene ring substituents is 1. The van der Waals surface area contributed by atoms with Crippen molar-refractivity contribution in [2.24, 2.45) is 0 Å². The summed E-state index contributed by atoms with van der Waals surface area (Å²) in [5, 5.41) is 10.7. The van der Waals surface area contributed by atoms with E-state index in [-0.39, 0.29) is 24.1 Å². The lowest BCUT2D eigenvalue weighted by atomic mass is 10.1.